The molecule has 5 nitrogen and oxygen atoms in total. The number of pyridine rings is 2. The van der Waals surface area contributed by atoms with E-state index in [0.717, 1.165) is 33.3 Å². The molecule has 0 spiro atoms. The summed E-state index contributed by atoms with van der Waals surface area (Å²) < 4.78 is 7.35. The quantitative estimate of drug-likeness (QED) is 0.438. The molecule has 0 saturated heterocycles. The summed E-state index contributed by atoms with van der Waals surface area (Å²) in [6.45, 7) is 4.70. The normalized spacial score (nSPS) is 11.5. The van der Waals surface area contributed by atoms with Crippen molar-refractivity contribution in [2.45, 2.75) is 20.4 Å². The molecule has 0 N–H and O–H groups in total. The van der Waals surface area contributed by atoms with Crippen LogP contribution in [0.2, 0.25) is 0 Å². The van der Waals surface area contributed by atoms with E-state index >= 15 is 0 Å². The molecule has 3 heterocycles. The zero-order chi connectivity index (χ0) is 21.1. The van der Waals surface area contributed by atoms with E-state index in [0.29, 0.717) is 18.0 Å². The smallest absolute Gasteiger partial charge is 0.212 e. The summed E-state index contributed by atoms with van der Waals surface area (Å²) in [6, 6.07) is 16.4. The van der Waals surface area contributed by atoms with Gasteiger partial charge in [0.1, 0.15) is 0 Å². The topological polar surface area (TPSA) is 63.7 Å². The maximum atomic E-state index is 9.74. The molecule has 0 bridgehead atoms. The maximum absolute atomic E-state index is 9.74. The van der Waals surface area contributed by atoms with Crippen LogP contribution in [0.15, 0.2) is 61.1 Å². The second-order valence-corrected chi connectivity index (χ2v) is 7.30. The average Bonchev–Trinajstić information content (AvgIpc) is 3.09. The first-order valence-electron chi connectivity index (χ1n) is 9.70. The first-order valence-corrected chi connectivity index (χ1v) is 9.70. The molecule has 4 aromatic rings. The summed E-state index contributed by atoms with van der Waals surface area (Å²) >= 11 is 0. The fourth-order valence-electron chi connectivity index (χ4n) is 3.46. The molecule has 0 atom stereocenters. The van der Waals surface area contributed by atoms with Gasteiger partial charge in [0.2, 0.25) is 5.88 Å². The highest BCUT2D eigenvalue weighted by Gasteiger charge is 2.10. The molecule has 1 aromatic carbocycles. The Kier molecular flexibility index (Phi) is 5.32. The zero-order valence-corrected chi connectivity index (χ0v) is 17.3. The zero-order valence-electron chi connectivity index (χ0n) is 17.3. The predicted molar refractivity (Wildman–Crippen MR) is 119 cm³/mol. The van der Waals surface area contributed by atoms with Crippen LogP contribution in [0.5, 0.6) is 5.88 Å². The van der Waals surface area contributed by atoms with Crippen molar-refractivity contribution in [3.8, 4) is 11.9 Å². The maximum Gasteiger partial charge on any atom is 0.212 e. The van der Waals surface area contributed by atoms with E-state index in [4.69, 9.17) is 4.74 Å². The fraction of sp³-hybridized carbons (Fsp3) is 0.160. The van der Waals surface area contributed by atoms with Gasteiger partial charge in [-0.2, -0.15) is 5.26 Å². The van der Waals surface area contributed by atoms with Crippen molar-refractivity contribution in [3.05, 3.63) is 89.0 Å². The molecular weight excluding hydrogens is 372 g/mol. The van der Waals surface area contributed by atoms with Gasteiger partial charge < -0.3 is 9.30 Å². The van der Waals surface area contributed by atoms with Crippen molar-refractivity contribution >= 4 is 22.6 Å². The number of aromatic nitrogens is 3. The molecule has 0 unspecified atom stereocenters. The van der Waals surface area contributed by atoms with Crippen molar-refractivity contribution in [2.75, 3.05) is 7.11 Å². The molecule has 3 aromatic heterocycles. The number of allylic oxidation sites excluding steroid dienone is 1. The molecule has 148 valence electrons. The number of nitriles is 1. The summed E-state index contributed by atoms with van der Waals surface area (Å²) in [5, 5.41) is 10.9. The fourth-order valence-corrected chi connectivity index (χ4v) is 3.46. The van der Waals surface area contributed by atoms with E-state index in [2.05, 4.69) is 51.9 Å². The summed E-state index contributed by atoms with van der Waals surface area (Å²) in [5.74, 6) is 0.598. The van der Waals surface area contributed by atoms with Gasteiger partial charge in [0.25, 0.3) is 0 Å². The Labute approximate surface area is 175 Å². The van der Waals surface area contributed by atoms with Crippen LogP contribution in [0, 0.1) is 25.2 Å². The van der Waals surface area contributed by atoms with Crippen molar-refractivity contribution in [3.63, 3.8) is 0 Å². The molecule has 30 heavy (non-hydrogen) atoms. The lowest BCUT2D eigenvalue weighted by Gasteiger charge is -2.06. The predicted octanol–water partition coefficient (Wildman–Crippen LogP) is 5.17. The van der Waals surface area contributed by atoms with E-state index < -0.39 is 0 Å². The monoisotopic (exact) mass is 394 g/mol. The van der Waals surface area contributed by atoms with Crippen molar-refractivity contribution < 1.29 is 4.74 Å². The highest BCUT2D eigenvalue weighted by molar-refractivity contribution is 5.98. The van der Waals surface area contributed by atoms with E-state index in [-0.39, 0.29) is 0 Å². The number of aryl methyl sites for hydroxylation is 2. The van der Waals surface area contributed by atoms with Crippen LogP contribution in [0.4, 0.5) is 0 Å². The third kappa shape index (κ3) is 3.94. The van der Waals surface area contributed by atoms with Gasteiger partial charge in [0, 0.05) is 58.9 Å². The molecule has 0 aliphatic carbocycles. The van der Waals surface area contributed by atoms with Crippen LogP contribution in [0.3, 0.4) is 0 Å². The van der Waals surface area contributed by atoms with Crippen molar-refractivity contribution in [2.24, 2.45) is 0 Å². The summed E-state index contributed by atoms with van der Waals surface area (Å²) in [5.41, 5.74) is 6.72. The largest absolute Gasteiger partial charge is 0.481 e. The van der Waals surface area contributed by atoms with E-state index in [9.17, 15) is 5.26 Å². The molecule has 0 aliphatic rings. The first kappa shape index (κ1) is 19.4. The Morgan fingerprint density at radius 2 is 1.97 bits per heavy atom. The Hall–Kier alpha value is -3.91. The number of fused-ring (bicyclic) bond motifs is 1. The van der Waals surface area contributed by atoms with Crippen LogP contribution < -0.4 is 4.74 Å². The highest BCUT2D eigenvalue weighted by Crippen LogP contribution is 2.28. The third-order valence-corrected chi connectivity index (χ3v) is 5.07. The Morgan fingerprint density at radius 3 is 2.63 bits per heavy atom. The minimum atomic E-state index is 0.591. The van der Waals surface area contributed by atoms with Gasteiger partial charge >= 0.3 is 0 Å². The summed E-state index contributed by atoms with van der Waals surface area (Å²) in [7, 11) is 1.61. The van der Waals surface area contributed by atoms with Gasteiger partial charge in [0.05, 0.1) is 18.8 Å². The number of benzene rings is 1. The first-order chi connectivity index (χ1) is 14.6. The van der Waals surface area contributed by atoms with Gasteiger partial charge in [-0.25, -0.2) is 4.98 Å². The molecule has 0 radical (unpaired) electrons. The van der Waals surface area contributed by atoms with Crippen LogP contribution in [-0.4, -0.2) is 21.6 Å². The summed E-state index contributed by atoms with van der Waals surface area (Å²) in [6.07, 6.45) is 7.60. The average molecular weight is 394 g/mol. The molecule has 0 aliphatic heterocycles. The number of nitrogens with zero attached hydrogens (tertiary/aromatic N) is 4. The van der Waals surface area contributed by atoms with E-state index in [1.54, 1.807) is 13.3 Å². The minimum Gasteiger partial charge on any atom is -0.481 e. The van der Waals surface area contributed by atoms with Gasteiger partial charge in [-0.1, -0.05) is 24.3 Å². The van der Waals surface area contributed by atoms with Gasteiger partial charge in [-0.3, -0.25) is 4.98 Å². The second-order valence-electron chi connectivity index (χ2n) is 7.30. The molecular formula is C25H22N4O. The molecule has 0 saturated carbocycles. The van der Waals surface area contributed by atoms with Gasteiger partial charge in [-0.05, 0) is 43.2 Å². The molecule has 0 amide bonds. The Balaban J connectivity index is 1.78. The third-order valence-electron chi connectivity index (χ3n) is 5.07. The number of ether oxygens (including phenoxy) is 1. The number of rotatable bonds is 5. The SMILES string of the molecule is COc1ccc(Cn2cc(/C=C(\C#N)c3ccc(C)nc3)c3ccc(C)cc32)cn1. The van der Waals surface area contributed by atoms with Crippen LogP contribution in [0.1, 0.15) is 27.9 Å². The number of hydrogen-bond acceptors (Lipinski definition) is 4. The van der Waals surface area contributed by atoms with Crippen LogP contribution in [0.25, 0.3) is 22.6 Å². The van der Waals surface area contributed by atoms with Crippen LogP contribution in [-0.2, 0) is 6.54 Å². The van der Waals surface area contributed by atoms with Crippen molar-refractivity contribution in [1.29, 1.82) is 5.26 Å². The molecule has 5 heteroatoms. The number of hydrogen-bond donors (Lipinski definition) is 0. The van der Waals surface area contributed by atoms with Gasteiger partial charge in [-0.15, -0.1) is 0 Å². The molecule has 0 fully saturated rings. The van der Waals surface area contributed by atoms with Crippen molar-refractivity contribution in [1.82, 2.24) is 14.5 Å². The lowest BCUT2D eigenvalue weighted by molar-refractivity contribution is 0.397. The lowest BCUT2D eigenvalue weighted by Crippen LogP contribution is -1.99. The van der Waals surface area contributed by atoms with Gasteiger partial charge in [0.15, 0.2) is 0 Å². The van der Waals surface area contributed by atoms with E-state index in [1.807, 2.05) is 43.5 Å². The second kappa shape index (κ2) is 8.22. The highest BCUT2D eigenvalue weighted by atomic mass is 16.5. The van der Waals surface area contributed by atoms with E-state index in [1.165, 1.54) is 5.56 Å². The lowest BCUT2D eigenvalue weighted by atomic mass is 10.0. The van der Waals surface area contributed by atoms with Crippen LogP contribution >= 0.6 is 0 Å². The standard InChI is InChI=1S/C25H22N4O/c1-17-4-8-23-22(11-21(12-26)20-7-5-18(2)27-14-20)16-29(24(23)10-17)15-19-6-9-25(30-3)28-13-19/h4-11,13-14,16H,15H2,1-3H3/b21-11+. The Morgan fingerprint density at radius 1 is 1.10 bits per heavy atom. The summed E-state index contributed by atoms with van der Waals surface area (Å²) in [4.78, 5) is 8.63. The Bertz CT molecular complexity index is 1260. The number of methoxy groups -OCH3 is 1. The minimum absolute atomic E-state index is 0.591. The molecule has 4 rings (SSSR count).